The third-order valence-corrected chi connectivity index (χ3v) is 4.22. The van der Waals surface area contributed by atoms with E-state index in [1.165, 1.54) is 0 Å². The molecule has 2 rings (SSSR count). The van der Waals surface area contributed by atoms with Gasteiger partial charge in [0.2, 0.25) is 0 Å². The van der Waals surface area contributed by atoms with E-state index in [-0.39, 0.29) is 18.5 Å². The summed E-state index contributed by atoms with van der Waals surface area (Å²) in [5, 5.41) is 0.827. The number of hydrogen-bond acceptors (Lipinski definition) is 5. The van der Waals surface area contributed by atoms with Gasteiger partial charge in [-0.2, -0.15) is 0 Å². The van der Waals surface area contributed by atoms with Gasteiger partial charge in [0.05, 0.1) is 11.6 Å². The quantitative estimate of drug-likeness (QED) is 0.693. The van der Waals surface area contributed by atoms with Crippen LogP contribution in [-0.2, 0) is 16.1 Å². The molecule has 1 heterocycles. The third-order valence-electron chi connectivity index (χ3n) is 3.17. The van der Waals surface area contributed by atoms with Crippen LogP contribution in [0.4, 0.5) is 5.69 Å². The van der Waals surface area contributed by atoms with Crippen LogP contribution >= 0.6 is 11.3 Å². The minimum atomic E-state index is -0.333. The third kappa shape index (κ3) is 3.36. The summed E-state index contributed by atoms with van der Waals surface area (Å²) in [5.41, 5.74) is 8.22. The molecule has 0 spiro atoms. The lowest BCUT2D eigenvalue weighted by Crippen LogP contribution is -2.13. The van der Waals surface area contributed by atoms with Gasteiger partial charge in [0.25, 0.3) is 0 Å². The van der Waals surface area contributed by atoms with Crippen molar-refractivity contribution in [3.05, 3.63) is 45.4 Å². The number of rotatable bonds is 4. The first-order valence-electron chi connectivity index (χ1n) is 6.42. The van der Waals surface area contributed by atoms with E-state index >= 15 is 0 Å². The van der Waals surface area contributed by atoms with Crippen LogP contribution in [0, 0.1) is 13.8 Å². The van der Waals surface area contributed by atoms with Crippen LogP contribution in [0.5, 0.6) is 0 Å². The number of anilines is 1. The molecule has 1 atom stereocenters. The Balaban J connectivity index is 1.98. The van der Waals surface area contributed by atoms with Gasteiger partial charge < -0.3 is 10.5 Å². The Morgan fingerprint density at radius 2 is 2.20 bits per heavy atom. The molecule has 0 bridgehead atoms. The number of nitrogens with zero attached hydrogens (tertiary/aromatic N) is 1. The smallest absolute Gasteiger partial charge is 0.313 e. The minimum Gasteiger partial charge on any atom is -0.458 e. The van der Waals surface area contributed by atoms with Gasteiger partial charge in [-0.05, 0) is 38.5 Å². The van der Waals surface area contributed by atoms with E-state index in [1.54, 1.807) is 23.5 Å². The monoisotopic (exact) mass is 290 g/mol. The summed E-state index contributed by atoms with van der Waals surface area (Å²) >= 11 is 1.56. The highest BCUT2D eigenvalue weighted by atomic mass is 32.1. The average molecular weight is 290 g/mol. The number of aryl methyl sites for hydroxylation is 2. The topological polar surface area (TPSA) is 65.2 Å². The van der Waals surface area contributed by atoms with E-state index in [0.29, 0.717) is 5.69 Å². The van der Waals surface area contributed by atoms with Crippen molar-refractivity contribution in [1.29, 1.82) is 0 Å². The number of ether oxygens (including phenoxy) is 1. The van der Waals surface area contributed by atoms with Crippen LogP contribution in [0.3, 0.4) is 0 Å². The van der Waals surface area contributed by atoms with Gasteiger partial charge in [-0.25, -0.2) is 4.98 Å². The van der Waals surface area contributed by atoms with E-state index in [9.17, 15) is 4.79 Å². The molecule has 4 nitrogen and oxygen atoms in total. The number of carbonyl (C=O) groups excluding carboxylic acids is 1. The Morgan fingerprint density at radius 1 is 1.45 bits per heavy atom. The Bertz CT molecular complexity index is 603. The number of hydrogen-bond donors (Lipinski definition) is 1. The van der Waals surface area contributed by atoms with Crippen molar-refractivity contribution >= 4 is 23.0 Å². The summed E-state index contributed by atoms with van der Waals surface area (Å²) in [6.45, 7) is 6.00. The lowest BCUT2D eigenvalue weighted by atomic mass is 10.0. The molecule has 0 saturated heterocycles. The molecule has 1 aromatic carbocycles. The van der Waals surface area contributed by atoms with Gasteiger partial charge in [-0.3, -0.25) is 4.79 Å². The van der Waals surface area contributed by atoms with Gasteiger partial charge in [0, 0.05) is 10.6 Å². The standard InChI is InChI=1S/C15H18N2O2S/c1-9(12-5-4-6-13(16)7-12)15(18)19-8-14-17-10(2)11(3)20-14/h4-7,9H,8,16H2,1-3H3. The maximum atomic E-state index is 12.0. The molecule has 0 amide bonds. The van der Waals surface area contributed by atoms with Gasteiger partial charge in [-0.15, -0.1) is 11.3 Å². The van der Waals surface area contributed by atoms with Crippen LogP contribution in [-0.4, -0.2) is 11.0 Å². The lowest BCUT2D eigenvalue weighted by molar-refractivity contribution is -0.146. The summed E-state index contributed by atoms with van der Waals surface area (Å²) < 4.78 is 5.32. The van der Waals surface area contributed by atoms with Crippen molar-refractivity contribution in [1.82, 2.24) is 4.98 Å². The maximum absolute atomic E-state index is 12.0. The van der Waals surface area contributed by atoms with Crippen LogP contribution in [0.25, 0.3) is 0 Å². The van der Waals surface area contributed by atoms with Gasteiger partial charge in [-0.1, -0.05) is 12.1 Å². The molecule has 0 radical (unpaired) electrons. The van der Waals surface area contributed by atoms with Crippen molar-refractivity contribution in [2.75, 3.05) is 5.73 Å². The van der Waals surface area contributed by atoms with E-state index in [1.807, 2.05) is 32.9 Å². The Morgan fingerprint density at radius 3 is 2.80 bits per heavy atom. The number of thiazole rings is 1. The highest BCUT2D eigenvalue weighted by Crippen LogP contribution is 2.21. The minimum absolute atomic E-state index is 0.227. The van der Waals surface area contributed by atoms with Crippen LogP contribution in [0.15, 0.2) is 24.3 Å². The van der Waals surface area contributed by atoms with Gasteiger partial charge >= 0.3 is 5.97 Å². The summed E-state index contributed by atoms with van der Waals surface area (Å²) in [6, 6.07) is 7.30. The summed E-state index contributed by atoms with van der Waals surface area (Å²) in [6.07, 6.45) is 0. The molecule has 2 aromatic rings. The highest BCUT2D eigenvalue weighted by Gasteiger charge is 2.17. The van der Waals surface area contributed by atoms with Crippen molar-refractivity contribution in [3.63, 3.8) is 0 Å². The number of carbonyl (C=O) groups is 1. The van der Waals surface area contributed by atoms with E-state index in [0.717, 1.165) is 21.1 Å². The van der Waals surface area contributed by atoms with Crippen molar-refractivity contribution < 1.29 is 9.53 Å². The highest BCUT2D eigenvalue weighted by molar-refractivity contribution is 7.11. The Kier molecular flexibility index (Phi) is 4.39. The molecule has 0 aliphatic carbocycles. The van der Waals surface area contributed by atoms with Crippen molar-refractivity contribution in [2.24, 2.45) is 0 Å². The van der Waals surface area contributed by atoms with Crippen LogP contribution < -0.4 is 5.73 Å². The van der Waals surface area contributed by atoms with Crippen molar-refractivity contribution in [2.45, 2.75) is 33.3 Å². The van der Waals surface area contributed by atoms with E-state index in [2.05, 4.69) is 4.98 Å². The number of benzene rings is 1. The molecule has 106 valence electrons. The summed E-state index contributed by atoms with van der Waals surface area (Å²) in [7, 11) is 0. The lowest BCUT2D eigenvalue weighted by Gasteiger charge is -2.11. The number of nitrogen functional groups attached to an aromatic ring is 1. The second-order valence-corrected chi connectivity index (χ2v) is 6.04. The Labute approximate surface area is 122 Å². The molecule has 5 heteroatoms. The Hall–Kier alpha value is -1.88. The van der Waals surface area contributed by atoms with E-state index in [4.69, 9.17) is 10.5 Å². The molecule has 1 unspecified atom stereocenters. The maximum Gasteiger partial charge on any atom is 0.313 e. The van der Waals surface area contributed by atoms with Crippen LogP contribution in [0.1, 0.15) is 34.0 Å². The van der Waals surface area contributed by atoms with Gasteiger partial charge in [0.1, 0.15) is 11.6 Å². The number of aromatic nitrogens is 1. The largest absolute Gasteiger partial charge is 0.458 e. The predicted octanol–water partition coefficient (Wildman–Crippen LogP) is 3.19. The second kappa shape index (κ2) is 6.05. The SMILES string of the molecule is Cc1nc(COC(=O)C(C)c2cccc(N)c2)sc1C. The molecule has 1 aromatic heterocycles. The molecule has 0 aliphatic heterocycles. The average Bonchev–Trinajstić information content (AvgIpc) is 2.74. The predicted molar refractivity (Wildman–Crippen MR) is 80.7 cm³/mol. The zero-order chi connectivity index (χ0) is 14.7. The first kappa shape index (κ1) is 14.5. The number of esters is 1. The van der Waals surface area contributed by atoms with E-state index < -0.39 is 0 Å². The fourth-order valence-corrected chi connectivity index (χ4v) is 2.67. The van der Waals surface area contributed by atoms with Crippen molar-refractivity contribution in [3.8, 4) is 0 Å². The van der Waals surface area contributed by atoms with Crippen LogP contribution in [0.2, 0.25) is 0 Å². The zero-order valence-corrected chi connectivity index (χ0v) is 12.7. The summed E-state index contributed by atoms with van der Waals surface area (Å²) in [4.78, 5) is 17.5. The second-order valence-electron chi connectivity index (χ2n) is 4.75. The number of nitrogens with two attached hydrogens (primary N) is 1. The van der Waals surface area contributed by atoms with Gasteiger partial charge in [0.15, 0.2) is 0 Å². The zero-order valence-electron chi connectivity index (χ0n) is 11.8. The summed E-state index contributed by atoms with van der Waals surface area (Å²) in [5.74, 6) is -0.596. The molecule has 0 fully saturated rings. The molecular formula is C15H18N2O2S. The first-order valence-corrected chi connectivity index (χ1v) is 7.24. The molecule has 2 N–H and O–H groups in total. The molecule has 0 saturated carbocycles. The molecule has 0 aliphatic rings. The normalized spacial score (nSPS) is 12.2. The molecular weight excluding hydrogens is 272 g/mol. The first-order chi connectivity index (χ1) is 9.47. The fraction of sp³-hybridized carbons (Fsp3) is 0.333. The molecule has 20 heavy (non-hydrogen) atoms. The fourth-order valence-electron chi connectivity index (χ4n) is 1.82.